The lowest BCUT2D eigenvalue weighted by molar-refractivity contribution is -0.120. The summed E-state index contributed by atoms with van der Waals surface area (Å²) in [5.41, 5.74) is 0.193. The van der Waals surface area contributed by atoms with Gasteiger partial charge < -0.3 is 15.8 Å². The lowest BCUT2D eigenvalue weighted by atomic mass is 10.0. The second-order valence-electron chi connectivity index (χ2n) is 4.77. The lowest BCUT2D eigenvalue weighted by Gasteiger charge is -2.14. The number of amides is 1. The molecule has 3 N–H and O–H groups in total. The Morgan fingerprint density at radius 1 is 1.30 bits per heavy atom. The van der Waals surface area contributed by atoms with Gasteiger partial charge in [-0.15, -0.1) is 12.4 Å². The lowest BCUT2D eigenvalue weighted by Crippen LogP contribution is -2.37. The summed E-state index contributed by atoms with van der Waals surface area (Å²) in [7, 11) is -5.47. The molecule has 0 aromatic heterocycles. The fraction of sp³-hybridized carbons (Fsp3) is 0.417. The van der Waals surface area contributed by atoms with Crippen molar-refractivity contribution < 1.29 is 31.1 Å². The van der Waals surface area contributed by atoms with Crippen LogP contribution in [0.4, 0.5) is 18.9 Å². The number of hydrogen-bond donors (Lipinski definition) is 2. The van der Waals surface area contributed by atoms with Gasteiger partial charge in [0, 0.05) is 11.7 Å². The molecule has 0 unspecified atom stereocenters. The van der Waals surface area contributed by atoms with Gasteiger partial charge in [0.15, 0.2) is 0 Å². The van der Waals surface area contributed by atoms with Crippen LogP contribution in [0.2, 0.25) is 0 Å². The molecule has 0 saturated carbocycles. The summed E-state index contributed by atoms with van der Waals surface area (Å²) in [4.78, 5) is 11.0. The van der Waals surface area contributed by atoms with Crippen molar-refractivity contribution in [2.24, 2.45) is 11.7 Å². The minimum atomic E-state index is -5.47. The van der Waals surface area contributed by atoms with Gasteiger partial charge in [-0.2, -0.15) is 13.2 Å². The molecule has 1 heterocycles. The number of halogens is 4. The summed E-state index contributed by atoms with van der Waals surface area (Å²) in [5, 5.41) is 2.35. The van der Waals surface area contributed by atoms with E-state index in [1.807, 2.05) is 0 Å². The molecule has 1 aliphatic rings. The summed E-state index contributed by atoms with van der Waals surface area (Å²) in [6.45, 7) is 0.314. The van der Waals surface area contributed by atoms with Gasteiger partial charge in [0.05, 0.1) is 24.0 Å². The molecule has 1 amide bonds. The van der Waals surface area contributed by atoms with Crippen molar-refractivity contribution in [1.82, 2.24) is 0 Å². The van der Waals surface area contributed by atoms with Crippen molar-refractivity contribution >= 4 is 33.8 Å². The molecule has 2 rings (SSSR count). The number of carbonyl (C=O) groups excluding carboxylic acids is 1. The van der Waals surface area contributed by atoms with E-state index in [9.17, 15) is 26.4 Å². The molecule has 1 fully saturated rings. The number of ether oxygens (including phenoxy) is 1. The number of sulfone groups is 1. The van der Waals surface area contributed by atoms with Gasteiger partial charge in [-0.25, -0.2) is 8.42 Å². The Morgan fingerprint density at radius 2 is 1.96 bits per heavy atom. The minimum Gasteiger partial charge on any atom is -0.379 e. The van der Waals surface area contributed by atoms with Crippen molar-refractivity contribution in [2.75, 3.05) is 18.5 Å². The Morgan fingerprint density at radius 3 is 2.48 bits per heavy atom. The second-order valence-corrected chi connectivity index (χ2v) is 6.72. The fourth-order valence-corrected chi connectivity index (χ4v) is 2.76. The molecule has 0 aliphatic carbocycles. The molecule has 23 heavy (non-hydrogen) atoms. The van der Waals surface area contributed by atoms with Crippen LogP contribution in [-0.4, -0.2) is 39.1 Å². The van der Waals surface area contributed by atoms with Crippen LogP contribution in [0.25, 0.3) is 0 Å². The van der Waals surface area contributed by atoms with Gasteiger partial charge in [0.1, 0.15) is 0 Å². The molecule has 0 bridgehead atoms. The minimum absolute atomic E-state index is 0. The predicted octanol–water partition coefficient (Wildman–Crippen LogP) is 1.31. The summed E-state index contributed by atoms with van der Waals surface area (Å²) in [6.07, 6.45) is 0. The average molecular weight is 375 g/mol. The maximum Gasteiger partial charge on any atom is 0.501 e. The van der Waals surface area contributed by atoms with E-state index in [4.69, 9.17) is 10.5 Å². The van der Waals surface area contributed by atoms with Gasteiger partial charge >= 0.3 is 5.51 Å². The van der Waals surface area contributed by atoms with Crippen LogP contribution in [0.15, 0.2) is 29.2 Å². The molecular formula is C12H14ClF3N2O4S. The summed E-state index contributed by atoms with van der Waals surface area (Å²) in [5.74, 6) is -1.17. The summed E-state index contributed by atoms with van der Waals surface area (Å²) >= 11 is 0. The Labute approximate surface area is 136 Å². The van der Waals surface area contributed by atoms with Crippen LogP contribution in [0.3, 0.4) is 0 Å². The number of rotatable bonds is 3. The number of nitrogens with two attached hydrogens (primary N) is 1. The monoisotopic (exact) mass is 374 g/mol. The zero-order chi connectivity index (χ0) is 16.5. The summed E-state index contributed by atoms with van der Waals surface area (Å²) in [6, 6.07) is 3.45. The first kappa shape index (κ1) is 19.7. The molecule has 1 aromatic rings. The van der Waals surface area contributed by atoms with E-state index in [0.717, 1.165) is 18.2 Å². The Kier molecular flexibility index (Phi) is 6.02. The molecule has 11 heteroatoms. The Balaban J connectivity index is 0.00000264. The summed E-state index contributed by atoms with van der Waals surface area (Å²) < 4.78 is 65.2. The molecule has 1 aliphatic heterocycles. The molecule has 6 nitrogen and oxygen atoms in total. The number of hydrogen-bond acceptors (Lipinski definition) is 5. The maximum atomic E-state index is 12.5. The van der Waals surface area contributed by atoms with E-state index in [2.05, 4.69) is 5.32 Å². The van der Waals surface area contributed by atoms with Crippen molar-refractivity contribution in [1.29, 1.82) is 0 Å². The van der Waals surface area contributed by atoms with Crippen LogP contribution in [0.1, 0.15) is 0 Å². The molecular weight excluding hydrogens is 361 g/mol. The van der Waals surface area contributed by atoms with Crippen LogP contribution in [0.5, 0.6) is 0 Å². The van der Waals surface area contributed by atoms with Crippen molar-refractivity contribution in [2.45, 2.75) is 16.4 Å². The molecule has 0 spiro atoms. The smallest absolute Gasteiger partial charge is 0.379 e. The van der Waals surface area contributed by atoms with Crippen molar-refractivity contribution in [3.05, 3.63) is 24.3 Å². The molecule has 1 saturated heterocycles. The first-order valence-electron chi connectivity index (χ1n) is 6.18. The topological polar surface area (TPSA) is 98.5 Å². The molecule has 2 atom stereocenters. The highest BCUT2D eigenvalue weighted by atomic mass is 35.5. The van der Waals surface area contributed by atoms with Crippen LogP contribution in [-0.2, 0) is 19.4 Å². The number of benzene rings is 1. The highest BCUT2D eigenvalue weighted by Crippen LogP contribution is 2.31. The van der Waals surface area contributed by atoms with E-state index in [-0.39, 0.29) is 31.3 Å². The molecule has 0 radical (unpaired) electrons. The first-order valence-corrected chi connectivity index (χ1v) is 7.67. The average Bonchev–Trinajstić information content (AvgIpc) is 2.84. The fourth-order valence-electron chi connectivity index (χ4n) is 1.95. The van der Waals surface area contributed by atoms with Crippen molar-refractivity contribution in [3.8, 4) is 0 Å². The zero-order valence-electron chi connectivity index (χ0n) is 11.5. The number of carbonyl (C=O) groups is 1. The van der Waals surface area contributed by atoms with Gasteiger partial charge in [-0.3, -0.25) is 4.79 Å². The van der Waals surface area contributed by atoms with E-state index < -0.39 is 38.1 Å². The SMILES string of the molecule is Cl.N[C@@H]1COC[C@@H]1C(=O)Nc1cccc(S(=O)(=O)C(F)(F)F)c1. The van der Waals surface area contributed by atoms with Gasteiger partial charge in [0.25, 0.3) is 9.84 Å². The van der Waals surface area contributed by atoms with Crippen LogP contribution >= 0.6 is 12.4 Å². The van der Waals surface area contributed by atoms with E-state index in [1.54, 1.807) is 0 Å². The van der Waals surface area contributed by atoms with E-state index >= 15 is 0 Å². The number of alkyl halides is 3. The quantitative estimate of drug-likeness (QED) is 0.831. The first-order chi connectivity index (χ1) is 10.1. The van der Waals surface area contributed by atoms with Crippen LogP contribution < -0.4 is 11.1 Å². The number of nitrogens with one attached hydrogen (secondary N) is 1. The van der Waals surface area contributed by atoms with Crippen molar-refractivity contribution in [3.63, 3.8) is 0 Å². The van der Waals surface area contributed by atoms with Crippen LogP contribution in [0, 0.1) is 5.92 Å². The standard InChI is InChI=1S/C12H13F3N2O4S.ClH/c13-12(14,15)22(19,20)8-3-1-2-7(4-8)17-11(18)9-5-21-6-10(9)16;/h1-4,9-10H,5-6,16H2,(H,17,18);1H/t9-,10+;/m0./s1. The normalized spacial score (nSPS) is 21.6. The van der Waals surface area contributed by atoms with Gasteiger partial charge in [-0.05, 0) is 18.2 Å². The zero-order valence-corrected chi connectivity index (χ0v) is 13.2. The second kappa shape index (κ2) is 7.04. The van der Waals surface area contributed by atoms with E-state index in [1.165, 1.54) is 6.07 Å². The van der Waals surface area contributed by atoms with Gasteiger partial charge in [0.2, 0.25) is 5.91 Å². The molecule has 130 valence electrons. The predicted molar refractivity (Wildman–Crippen MR) is 77.8 cm³/mol. The van der Waals surface area contributed by atoms with E-state index in [0.29, 0.717) is 0 Å². The third-order valence-corrected chi connectivity index (χ3v) is 4.66. The maximum absolute atomic E-state index is 12.5. The Bertz CT molecular complexity index is 681. The third-order valence-electron chi connectivity index (χ3n) is 3.18. The Hall–Kier alpha value is -1.36. The molecule has 1 aromatic carbocycles. The van der Waals surface area contributed by atoms with Gasteiger partial charge in [-0.1, -0.05) is 6.07 Å². The highest BCUT2D eigenvalue weighted by Gasteiger charge is 2.47. The largest absolute Gasteiger partial charge is 0.501 e. The highest BCUT2D eigenvalue weighted by molar-refractivity contribution is 7.92. The number of anilines is 1. The third kappa shape index (κ3) is 4.14.